The van der Waals surface area contributed by atoms with Crippen LogP contribution < -0.4 is 10.2 Å². The maximum absolute atomic E-state index is 4.67. The molecule has 0 aliphatic rings. The van der Waals surface area contributed by atoms with Gasteiger partial charge >= 0.3 is 0 Å². The van der Waals surface area contributed by atoms with Crippen LogP contribution in [0.15, 0.2) is 29.6 Å². The Morgan fingerprint density at radius 1 is 1.37 bits per heavy atom. The second-order valence-electron chi connectivity index (χ2n) is 4.60. The lowest BCUT2D eigenvalue weighted by molar-refractivity contribution is 0.794. The van der Waals surface area contributed by atoms with Crippen molar-refractivity contribution in [3.8, 4) is 0 Å². The minimum Gasteiger partial charge on any atom is -0.352 e. The summed E-state index contributed by atoms with van der Waals surface area (Å²) in [6.45, 7) is 7.01. The molecule has 0 unspecified atom stereocenters. The van der Waals surface area contributed by atoms with Crippen molar-refractivity contribution in [2.24, 2.45) is 0 Å². The summed E-state index contributed by atoms with van der Waals surface area (Å²) in [5.74, 6) is 1.07. The Labute approximate surface area is 119 Å². The molecule has 0 atom stereocenters. The molecule has 19 heavy (non-hydrogen) atoms. The number of nitrogens with zero attached hydrogens (tertiary/aromatic N) is 2. The Hall–Kier alpha value is -1.39. The van der Waals surface area contributed by atoms with Gasteiger partial charge in [-0.05, 0) is 50.0 Å². The van der Waals surface area contributed by atoms with Gasteiger partial charge in [0.25, 0.3) is 0 Å². The Bertz CT molecular complexity index is 508. The van der Waals surface area contributed by atoms with E-state index in [9.17, 15) is 0 Å². The Kier molecular flexibility index (Phi) is 4.93. The van der Waals surface area contributed by atoms with Crippen LogP contribution in [0.5, 0.6) is 0 Å². The zero-order valence-corrected chi connectivity index (χ0v) is 12.6. The van der Waals surface area contributed by atoms with Gasteiger partial charge in [-0.15, -0.1) is 11.3 Å². The molecule has 0 aromatic carbocycles. The van der Waals surface area contributed by atoms with E-state index in [-0.39, 0.29) is 0 Å². The van der Waals surface area contributed by atoms with E-state index in [1.54, 1.807) is 11.3 Å². The standard InChI is InChI=1S/C15H21N3S/c1-4-18(11-14-6-5-7-19-14)15-9-13(10-16-3)8-12(2)17-15/h5-9,16H,4,10-11H2,1-3H3. The smallest absolute Gasteiger partial charge is 0.129 e. The number of anilines is 1. The van der Waals surface area contributed by atoms with Gasteiger partial charge in [-0.2, -0.15) is 0 Å². The van der Waals surface area contributed by atoms with E-state index >= 15 is 0 Å². The predicted molar refractivity (Wildman–Crippen MR) is 82.8 cm³/mol. The highest BCUT2D eigenvalue weighted by molar-refractivity contribution is 7.09. The van der Waals surface area contributed by atoms with E-state index in [0.29, 0.717) is 0 Å². The zero-order chi connectivity index (χ0) is 13.7. The topological polar surface area (TPSA) is 28.2 Å². The summed E-state index contributed by atoms with van der Waals surface area (Å²) >= 11 is 1.80. The van der Waals surface area contributed by atoms with Gasteiger partial charge in [-0.25, -0.2) is 4.98 Å². The third-order valence-electron chi connectivity index (χ3n) is 3.01. The molecule has 0 bridgehead atoms. The summed E-state index contributed by atoms with van der Waals surface area (Å²) in [4.78, 5) is 8.36. The Morgan fingerprint density at radius 3 is 2.84 bits per heavy atom. The Balaban J connectivity index is 2.21. The van der Waals surface area contributed by atoms with Crippen molar-refractivity contribution in [2.45, 2.75) is 26.9 Å². The summed E-state index contributed by atoms with van der Waals surface area (Å²) in [6, 6.07) is 8.60. The van der Waals surface area contributed by atoms with Crippen LogP contribution >= 0.6 is 11.3 Å². The SMILES string of the molecule is CCN(Cc1cccs1)c1cc(CNC)cc(C)n1. The van der Waals surface area contributed by atoms with Crippen molar-refractivity contribution >= 4 is 17.2 Å². The molecule has 2 aromatic heterocycles. The van der Waals surface area contributed by atoms with Gasteiger partial charge < -0.3 is 10.2 Å². The van der Waals surface area contributed by atoms with E-state index in [1.165, 1.54) is 10.4 Å². The summed E-state index contributed by atoms with van der Waals surface area (Å²) < 4.78 is 0. The minimum absolute atomic E-state index is 0.882. The van der Waals surface area contributed by atoms with E-state index in [0.717, 1.165) is 31.1 Å². The molecule has 102 valence electrons. The third kappa shape index (κ3) is 3.78. The summed E-state index contributed by atoms with van der Waals surface area (Å²) in [5.41, 5.74) is 2.36. The van der Waals surface area contributed by atoms with Crippen LogP contribution in [0.3, 0.4) is 0 Å². The second-order valence-corrected chi connectivity index (χ2v) is 5.63. The molecular weight excluding hydrogens is 254 g/mol. The fraction of sp³-hybridized carbons (Fsp3) is 0.400. The predicted octanol–water partition coefficient (Wildman–Crippen LogP) is 3.20. The summed E-state index contributed by atoms with van der Waals surface area (Å²) in [6.07, 6.45) is 0. The van der Waals surface area contributed by atoms with Gasteiger partial charge in [-0.3, -0.25) is 0 Å². The lowest BCUT2D eigenvalue weighted by atomic mass is 10.2. The average Bonchev–Trinajstić information content (AvgIpc) is 2.88. The number of thiophene rings is 1. The van der Waals surface area contributed by atoms with Gasteiger partial charge in [0.2, 0.25) is 0 Å². The number of pyridine rings is 1. The first-order chi connectivity index (χ1) is 9.22. The van der Waals surface area contributed by atoms with Crippen LogP contribution in [0, 0.1) is 6.92 Å². The van der Waals surface area contributed by atoms with E-state index in [4.69, 9.17) is 0 Å². The highest BCUT2D eigenvalue weighted by Gasteiger charge is 2.09. The first-order valence-corrected chi connectivity index (χ1v) is 7.50. The number of hydrogen-bond donors (Lipinski definition) is 1. The highest BCUT2D eigenvalue weighted by atomic mass is 32.1. The molecule has 2 heterocycles. The molecule has 4 heteroatoms. The number of hydrogen-bond acceptors (Lipinski definition) is 4. The van der Waals surface area contributed by atoms with Crippen LogP contribution in [0.1, 0.15) is 23.1 Å². The second kappa shape index (κ2) is 6.68. The number of aryl methyl sites for hydroxylation is 1. The van der Waals surface area contributed by atoms with Gasteiger partial charge in [0.15, 0.2) is 0 Å². The third-order valence-corrected chi connectivity index (χ3v) is 3.87. The molecule has 2 aromatic rings. The van der Waals surface area contributed by atoms with E-state index in [2.05, 4.69) is 58.7 Å². The van der Waals surface area contributed by atoms with Crippen molar-refractivity contribution < 1.29 is 0 Å². The van der Waals surface area contributed by atoms with Crippen molar-refractivity contribution in [3.05, 3.63) is 45.8 Å². The zero-order valence-electron chi connectivity index (χ0n) is 11.8. The maximum atomic E-state index is 4.67. The highest BCUT2D eigenvalue weighted by Crippen LogP contribution is 2.19. The first kappa shape index (κ1) is 14.0. The molecule has 0 aliphatic carbocycles. The molecule has 0 saturated heterocycles. The molecule has 0 saturated carbocycles. The summed E-state index contributed by atoms with van der Waals surface area (Å²) in [5, 5.41) is 5.32. The van der Waals surface area contributed by atoms with Crippen LogP contribution in [0.2, 0.25) is 0 Å². The summed E-state index contributed by atoms with van der Waals surface area (Å²) in [7, 11) is 1.97. The molecule has 0 amide bonds. The fourth-order valence-corrected chi connectivity index (χ4v) is 2.85. The first-order valence-electron chi connectivity index (χ1n) is 6.62. The lowest BCUT2D eigenvalue weighted by Gasteiger charge is -2.22. The fourth-order valence-electron chi connectivity index (χ4n) is 2.13. The average molecular weight is 275 g/mol. The van der Waals surface area contributed by atoms with Crippen molar-refractivity contribution in [1.29, 1.82) is 0 Å². The monoisotopic (exact) mass is 275 g/mol. The van der Waals surface area contributed by atoms with Crippen molar-refractivity contribution in [3.63, 3.8) is 0 Å². The van der Waals surface area contributed by atoms with Crippen LogP contribution in [-0.2, 0) is 13.1 Å². The van der Waals surface area contributed by atoms with Gasteiger partial charge in [0.1, 0.15) is 5.82 Å². The van der Waals surface area contributed by atoms with Crippen LogP contribution in [-0.4, -0.2) is 18.6 Å². The van der Waals surface area contributed by atoms with Crippen LogP contribution in [0.25, 0.3) is 0 Å². The lowest BCUT2D eigenvalue weighted by Crippen LogP contribution is -2.23. The number of rotatable bonds is 6. The largest absolute Gasteiger partial charge is 0.352 e. The molecule has 0 aliphatic heterocycles. The normalized spacial score (nSPS) is 10.7. The molecule has 0 fully saturated rings. The molecular formula is C15H21N3S. The molecule has 3 nitrogen and oxygen atoms in total. The number of nitrogens with one attached hydrogen (secondary N) is 1. The molecule has 2 rings (SSSR count). The Morgan fingerprint density at radius 2 is 2.21 bits per heavy atom. The number of aromatic nitrogens is 1. The van der Waals surface area contributed by atoms with Gasteiger partial charge in [-0.1, -0.05) is 6.07 Å². The van der Waals surface area contributed by atoms with Crippen molar-refractivity contribution in [1.82, 2.24) is 10.3 Å². The molecule has 1 N–H and O–H groups in total. The minimum atomic E-state index is 0.882. The van der Waals surface area contributed by atoms with E-state index in [1.807, 2.05) is 7.05 Å². The van der Waals surface area contributed by atoms with Gasteiger partial charge in [0.05, 0.1) is 6.54 Å². The van der Waals surface area contributed by atoms with Gasteiger partial charge in [0, 0.05) is 23.7 Å². The van der Waals surface area contributed by atoms with Crippen molar-refractivity contribution in [2.75, 3.05) is 18.5 Å². The maximum Gasteiger partial charge on any atom is 0.129 e. The van der Waals surface area contributed by atoms with Crippen LogP contribution in [0.4, 0.5) is 5.82 Å². The quantitative estimate of drug-likeness (QED) is 0.877. The van der Waals surface area contributed by atoms with E-state index < -0.39 is 0 Å². The molecule has 0 spiro atoms. The molecule has 0 radical (unpaired) electrons.